The van der Waals surface area contributed by atoms with Crippen molar-refractivity contribution in [3.05, 3.63) is 0 Å². The van der Waals surface area contributed by atoms with Gasteiger partial charge in [-0.1, -0.05) is 13.8 Å². The first-order chi connectivity index (χ1) is 4.75. The molecule has 1 saturated heterocycles. The molecule has 0 aromatic carbocycles. The van der Waals surface area contributed by atoms with E-state index in [1.165, 1.54) is 0 Å². The maximum atomic E-state index is 9.51. The van der Waals surface area contributed by atoms with Gasteiger partial charge in [-0.3, -0.25) is 0 Å². The second-order valence-electron chi connectivity index (χ2n) is 2.92. The summed E-state index contributed by atoms with van der Waals surface area (Å²) in [5.74, 6) is 0. The van der Waals surface area contributed by atoms with E-state index >= 15 is 0 Å². The average molecular weight is 144 g/mol. The third kappa shape index (κ3) is 1.06. The number of hydrogen-bond donors (Lipinski definition) is 1. The second-order valence-corrected chi connectivity index (χ2v) is 2.92. The standard InChI is InChI=1S/C8H16O2/c1-3-8(4-2)7(9)5-6-10-8/h7,9H,3-6H2,1-2H3. The highest BCUT2D eigenvalue weighted by Crippen LogP contribution is 2.32. The Hall–Kier alpha value is -0.0800. The normalized spacial score (nSPS) is 30.9. The Bertz CT molecular complexity index is 108. The minimum absolute atomic E-state index is 0.208. The van der Waals surface area contributed by atoms with Crippen molar-refractivity contribution in [3.8, 4) is 0 Å². The lowest BCUT2D eigenvalue weighted by Crippen LogP contribution is -2.37. The van der Waals surface area contributed by atoms with E-state index in [1.54, 1.807) is 0 Å². The summed E-state index contributed by atoms with van der Waals surface area (Å²) in [5, 5.41) is 9.51. The fraction of sp³-hybridized carbons (Fsp3) is 1.00. The number of rotatable bonds is 2. The van der Waals surface area contributed by atoms with Crippen LogP contribution in [-0.2, 0) is 4.74 Å². The summed E-state index contributed by atoms with van der Waals surface area (Å²) in [4.78, 5) is 0. The van der Waals surface area contributed by atoms with Crippen LogP contribution in [0.2, 0.25) is 0 Å². The Morgan fingerprint density at radius 3 is 2.30 bits per heavy atom. The smallest absolute Gasteiger partial charge is 0.0935 e. The number of ether oxygens (including phenoxy) is 1. The van der Waals surface area contributed by atoms with Crippen molar-refractivity contribution < 1.29 is 9.84 Å². The first kappa shape index (κ1) is 8.02. The van der Waals surface area contributed by atoms with E-state index in [4.69, 9.17) is 4.74 Å². The van der Waals surface area contributed by atoms with Crippen molar-refractivity contribution in [2.75, 3.05) is 6.61 Å². The highest BCUT2D eigenvalue weighted by Gasteiger charge is 2.39. The number of aliphatic hydroxyl groups is 1. The van der Waals surface area contributed by atoms with Crippen LogP contribution in [0, 0.1) is 0 Å². The molecule has 1 atom stereocenters. The molecule has 1 N–H and O–H groups in total. The van der Waals surface area contributed by atoms with Gasteiger partial charge in [-0.25, -0.2) is 0 Å². The van der Waals surface area contributed by atoms with E-state index in [1.807, 2.05) is 0 Å². The molecule has 0 aromatic rings. The first-order valence-electron chi connectivity index (χ1n) is 4.07. The van der Waals surface area contributed by atoms with Gasteiger partial charge in [0.1, 0.15) is 0 Å². The van der Waals surface area contributed by atoms with Crippen molar-refractivity contribution >= 4 is 0 Å². The van der Waals surface area contributed by atoms with Gasteiger partial charge in [0.15, 0.2) is 0 Å². The van der Waals surface area contributed by atoms with Gasteiger partial charge < -0.3 is 9.84 Å². The van der Waals surface area contributed by atoms with Gasteiger partial charge in [-0.2, -0.15) is 0 Å². The van der Waals surface area contributed by atoms with Crippen LogP contribution in [0.5, 0.6) is 0 Å². The lowest BCUT2D eigenvalue weighted by atomic mass is 9.91. The molecular formula is C8H16O2. The fourth-order valence-electron chi connectivity index (χ4n) is 1.66. The first-order valence-corrected chi connectivity index (χ1v) is 4.07. The summed E-state index contributed by atoms with van der Waals surface area (Å²) >= 11 is 0. The van der Waals surface area contributed by atoms with Crippen molar-refractivity contribution in [2.24, 2.45) is 0 Å². The van der Waals surface area contributed by atoms with Crippen LogP contribution in [0.4, 0.5) is 0 Å². The number of aliphatic hydroxyl groups excluding tert-OH is 1. The summed E-state index contributed by atoms with van der Waals surface area (Å²) < 4.78 is 5.50. The fourth-order valence-corrected chi connectivity index (χ4v) is 1.66. The summed E-state index contributed by atoms with van der Waals surface area (Å²) in [6, 6.07) is 0. The molecule has 0 amide bonds. The van der Waals surface area contributed by atoms with Crippen LogP contribution in [0.15, 0.2) is 0 Å². The van der Waals surface area contributed by atoms with Crippen LogP contribution in [0.3, 0.4) is 0 Å². The molecule has 1 aliphatic heterocycles. The van der Waals surface area contributed by atoms with E-state index in [-0.39, 0.29) is 11.7 Å². The number of hydrogen-bond acceptors (Lipinski definition) is 2. The van der Waals surface area contributed by atoms with Crippen LogP contribution in [0.25, 0.3) is 0 Å². The van der Waals surface area contributed by atoms with Gasteiger partial charge in [0.25, 0.3) is 0 Å². The molecule has 0 radical (unpaired) electrons. The molecule has 10 heavy (non-hydrogen) atoms. The maximum absolute atomic E-state index is 9.51. The molecule has 1 unspecified atom stereocenters. The SMILES string of the molecule is CCC1(CC)OCCC1O. The van der Waals surface area contributed by atoms with Gasteiger partial charge >= 0.3 is 0 Å². The molecule has 1 rings (SSSR count). The predicted molar refractivity (Wildman–Crippen MR) is 39.9 cm³/mol. The summed E-state index contributed by atoms with van der Waals surface area (Å²) in [7, 11) is 0. The van der Waals surface area contributed by atoms with E-state index in [0.29, 0.717) is 0 Å². The average Bonchev–Trinajstić information content (AvgIpc) is 2.32. The summed E-state index contributed by atoms with van der Waals surface area (Å²) in [5.41, 5.74) is -0.208. The van der Waals surface area contributed by atoms with Gasteiger partial charge in [-0.15, -0.1) is 0 Å². The Balaban J connectivity index is 2.61. The zero-order valence-corrected chi connectivity index (χ0v) is 6.76. The Labute approximate surface area is 62.2 Å². The van der Waals surface area contributed by atoms with E-state index < -0.39 is 0 Å². The molecule has 1 heterocycles. The zero-order valence-electron chi connectivity index (χ0n) is 6.76. The molecule has 0 bridgehead atoms. The van der Waals surface area contributed by atoms with Crippen LogP contribution in [-0.4, -0.2) is 23.4 Å². The highest BCUT2D eigenvalue weighted by molar-refractivity contribution is 4.90. The van der Waals surface area contributed by atoms with Crippen molar-refractivity contribution in [3.63, 3.8) is 0 Å². The molecule has 1 fully saturated rings. The molecule has 60 valence electrons. The van der Waals surface area contributed by atoms with Gasteiger partial charge in [0.2, 0.25) is 0 Å². The second kappa shape index (κ2) is 2.89. The highest BCUT2D eigenvalue weighted by atomic mass is 16.5. The molecule has 1 aliphatic rings. The van der Waals surface area contributed by atoms with Crippen LogP contribution in [0.1, 0.15) is 33.1 Å². The molecule has 2 heteroatoms. The molecule has 2 nitrogen and oxygen atoms in total. The van der Waals surface area contributed by atoms with Crippen molar-refractivity contribution in [1.29, 1.82) is 0 Å². The van der Waals surface area contributed by atoms with Crippen LogP contribution >= 0.6 is 0 Å². The van der Waals surface area contributed by atoms with E-state index in [0.717, 1.165) is 25.9 Å². The topological polar surface area (TPSA) is 29.5 Å². The molecule has 0 spiro atoms. The van der Waals surface area contributed by atoms with Gasteiger partial charge in [-0.05, 0) is 19.3 Å². The van der Waals surface area contributed by atoms with Gasteiger partial charge in [0.05, 0.1) is 18.3 Å². The molecule has 0 aliphatic carbocycles. The summed E-state index contributed by atoms with van der Waals surface area (Å²) in [6.07, 6.45) is 2.42. The third-order valence-electron chi connectivity index (χ3n) is 2.59. The lowest BCUT2D eigenvalue weighted by molar-refractivity contribution is -0.0626. The van der Waals surface area contributed by atoms with Crippen LogP contribution < -0.4 is 0 Å². The van der Waals surface area contributed by atoms with Gasteiger partial charge in [0, 0.05) is 0 Å². The lowest BCUT2D eigenvalue weighted by Gasteiger charge is -2.28. The van der Waals surface area contributed by atoms with E-state index in [9.17, 15) is 5.11 Å². The third-order valence-corrected chi connectivity index (χ3v) is 2.59. The van der Waals surface area contributed by atoms with Crippen molar-refractivity contribution in [1.82, 2.24) is 0 Å². The van der Waals surface area contributed by atoms with E-state index in [2.05, 4.69) is 13.8 Å². The Kier molecular flexibility index (Phi) is 2.32. The van der Waals surface area contributed by atoms with Crippen molar-refractivity contribution in [2.45, 2.75) is 44.8 Å². The Morgan fingerprint density at radius 1 is 1.50 bits per heavy atom. The maximum Gasteiger partial charge on any atom is 0.0935 e. The largest absolute Gasteiger partial charge is 0.390 e. The minimum atomic E-state index is -0.234. The monoisotopic (exact) mass is 144 g/mol. The quantitative estimate of drug-likeness (QED) is 0.633. The predicted octanol–water partition coefficient (Wildman–Crippen LogP) is 1.33. The minimum Gasteiger partial charge on any atom is -0.390 e. The zero-order chi connectivity index (χ0) is 7.61. The molecular weight excluding hydrogens is 128 g/mol. The molecule has 0 saturated carbocycles. The Morgan fingerprint density at radius 2 is 2.10 bits per heavy atom. The summed E-state index contributed by atoms with van der Waals surface area (Å²) in [6.45, 7) is 4.86. The molecule has 0 aromatic heterocycles.